The molecule has 2 aromatic rings. The molecule has 122 valence electrons. The Morgan fingerprint density at radius 3 is 2.65 bits per heavy atom. The van der Waals surface area contributed by atoms with Gasteiger partial charge in [0.1, 0.15) is 0 Å². The van der Waals surface area contributed by atoms with Crippen LogP contribution in [-0.2, 0) is 23.0 Å². The van der Waals surface area contributed by atoms with Crippen LogP contribution in [0.3, 0.4) is 0 Å². The molecule has 2 heterocycles. The van der Waals surface area contributed by atoms with Gasteiger partial charge in [0, 0.05) is 30.6 Å². The van der Waals surface area contributed by atoms with Crippen molar-refractivity contribution in [3.8, 4) is 0 Å². The maximum atomic E-state index is 13.0. The minimum absolute atomic E-state index is 0.103. The van der Waals surface area contributed by atoms with Crippen molar-refractivity contribution < 1.29 is 9.53 Å². The highest BCUT2D eigenvalue weighted by Crippen LogP contribution is 2.24. The molecule has 1 amide bonds. The van der Waals surface area contributed by atoms with Gasteiger partial charge >= 0.3 is 0 Å². The zero-order valence-electron chi connectivity index (χ0n) is 14.0. The Hall–Kier alpha value is -2.14. The van der Waals surface area contributed by atoms with Crippen molar-refractivity contribution in [3.05, 3.63) is 47.3 Å². The van der Waals surface area contributed by atoms with E-state index in [0.717, 1.165) is 29.1 Å². The largest absolute Gasteiger partial charge is 0.379 e. The summed E-state index contributed by atoms with van der Waals surface area (Å²) in [5.74, 6) is 0.103. The van der Waals surface area contributed by atoms with Gasteiger partial charge in [-0.1, -0.05) is 18.2 Å². The number of amides is 1. The van der Waals surface area contributed by atoms with Crippen LogP contribution in [0.5, 0.6) is 0 Å². The van der Waals surface area contributed by atoms with E-state index in [1.165, 1.54) is 0 Å². The molecule has 1 atom stereocenters. The van der Waals surface area contributed by atoms with Crippen LogP contribution in [-0.4, -0.2) is 34.9 Å². The number of anilines is 1. The standard InChI is InChI=1S/C18H23N3O2/c1-13-17(14(2)20(3)19-13)11-18(22)21(16-9-10-23-12-16)15-7-5-4-6-8-15/h4-8,16H,9-12H2,1-3H3/t16-/m1/s1. The first-order chi connectivity index (χ1) is 11.1. The highest BCUT2D eigenvalue weighted by Gasteiger charge is 2.29. The second-order valence-corrected chi connectivity index (χ2v) is 6.07. The lowest BCUT2D eigenvalue weighted by molar-refractivity contribution is -0.118. The highest BCUT2D eigenvalue weighted by molar-refractivity contribution is 5.95. The summed E-state index contributed by atoms with van der Waals surface area (Å²) in [7, 11) is 1.91. The molecule has 0 spiro atoms. The number of nitrogens with zero attached hydrogens (tertiary/aromatic N) is 3. The predicted molar refractivity (Wildman–Crippen MR) is 89.5 cm³/mol. The van der Waals surface area contributed by atoms with Crippen LogP contribution in [0.1, 0.15) is 23.4 Å². The number of aryl methyl sites for hydroxylation is 2. The van der Waals surface area contributed by atoms with Crippen molar-refractivity contribution in [2.75, 3.05) is 18.1 Å². The van der Waals surface area contributed by atoms with Gasteiger partial charge in [-0.05, 0) is 32.4 Å². The Balaban J connectivity index is 1.88. The normalized spacial score (nSPS) is 17.4. The molecule has 1 aromatic heterocycles. The number of hydrogen-bond donors (Lipinski definition) is 0. The van der Waals surface area contributed by atoms with E-state index in [-0.39, 0.29) is 11.9 Å². The van der Waals surface area contributed by atoms with Crippen LogP contribution in [0.15, 0.2) is 30.3 Å². The van der Waals surface area contributed by atoms with Crippen molar-refractivity contribution in [1.82, 2.24) is 9.78 Å². The minimum atomic E-state index is 0.103. The highest BCUT2D eigenvalue weighted by atomic mass is 16.5. The lowest BCUT2D eigenvalue weighted by Crippen LogP contribution is -2.42. The summed E-state index contributed by atoms with van der Waals surface area (Å²) in [5, 5.41) is 4.41. The number of carbonyl (C=O) groups excluding carboxylic acids is 1. The fourth-order valence-corrected chi connectivity index (χ4v) is 3.18. The molecule has 3 rings (SSSR count). The van der Waals surface area contributed by atoms with Gasteiger partial charge in [-0.2, -0.15) is 5.10 Å². The summed E-state index contributed by atoms with van der Waals surface area (Å²) in [6.45, 7) is 5.28. The maximum absolute atomic E-state index is 13.0. The van der Waals surface area contributed by atoms with Crippen molar-refractivity contribution in [2.45, 2.75) is 32.7 Å². The van der Waals surface area contributed by atoms with Crippen molar-refractivity contribution >= 4 is 11.6 Å². The SMILES string of the molecule is Cc1nn(C)c(C)c1CC(=O)N(c1ccccc1)[C@@H]1CCOC1. The topological polar surface area (TPSA) is 47.4 Å². The van der Waals surface area contributed by atoms with Crippen LogP contribution < -0.4 is 4.90 Å². The van der Waals surface area contributed by atoms with Crippen molar-refractivity contribution in [2.24, 2.45) is 7.05 Å². The van der Waals surface area contributed by atoms with Gasteiger partial charge < -0.3 is 9.64 Å². The number of aromatic nitrogens is 2. The second kappa shape index (κ2) is 6.54. The van der Waals surface area contributed by atoms with Crippen molar-refractivity contribution in [3.63, 3.8) is 0 Å². The molecular weight excluding hydrogens is 290 g/mol. The number of ether oxygens (including phenoxy) is 1. The predicted octanol–water partition coefficient (Wildman–Crippen LogP) is 2.40. The molecule has 1 fully saturated rings. The Kier molecular flexibility index (Phi) is 4.48. The number of carbonyl (C=O) groups is 1. The van der Waals surface area contributed by atoms with Gasteiger partial charge in [-0.3, -0.25) is 9.48 Å². The monoisotopic (exact) mass is 313 g/mol. The Labute approximate surface area is 136 Å². The maximum Gasteiger partial charge on any atom is 0.231 e. The Morgan fingerprint density at radius 2 is 2.09 bits per heavy atom. The molecule has 1 aliphatic rings. The Bertz CT molecular complexity index is 688. The van der Waals surface area contributed by atoms with Crippen LogP contribution in [0.2, 0.25) is 0 Å². The summed E-state index contributed by atoms with van der Waals surface area (Å²) >= 11 is 0. The molecule has 5 nitrogen and oxygen atoms in total. The van der Waals surface area contributed by atoms with Crippen LogP contribution in [0.4, 0.5) is 5.69 Å². The molecule has 1 saturated heterocycles. The molecule has 23 heavy (non-hydrogen) atoms. The summed E-state index contributed by atoms with van der Waals surface area (Å²) < 4.78 is 7.34. The smallest absolute Gasteiger partial charge is 0.231 e. The van der Waals surface area contributed by atoms with E-state index in [1.54, 1.807) is 0 Å². The summed E-state index contributed by atoms with van der Waals surface area (Å²) in [6.07, 6.45) is 1.25. The van der Waals surface area contributed by atoms with E-state index in [0.29, 0.717) is 19.6 Å². The quantitative estimate of drug-likeness (QED) is 0.871. The Morgan fingerprint density at radius 1 is 1.35 bits per heavy atom. The van der Waals surface area contributed by atoms with Gasteiger partial charge in [-0.15, -0.1) is 0 Å². The number of para-hydroxylation sites is 1. The van der Waals surface area contributed by atoms with Gasteiger partial charge in [0.2, 0.25) is 5.91 Å². The summed E-state index contributed by atoms with van der Waals surface area (Å²) in [5.41, 5.74) is 3.94. The summed E-state index contributed by atoms with van der Waals surface area (Å²) in [4.78, 5) is 14.9. The van der Waals surface area contributed by atoms with Crippen LogP contribution >= 0.6 is 0 Å². The van der Waals surface area contributed by atoms with E-state index in [9.17, 15) is 4.79 Å². The van der Waals surface area contributed by atoms with E-state index in [2.05, 4.69) is 5.10 Å². The van der Waals surface area contributed by atoms with Gasteiger partial charge in [-0.25, -0.2) is 0 Å². The molecule has 0 saturated carbocycles. The first kappa shape index (κ1) is 15.7. The molecule has 1 aromatic carbocycles. The van der Waals surface area contributed by atoms with Crippen LogP contribution in [0, 0.1) is 13.8 Å². The van der Waals surface area contributed by atoms with Crippen LogP contribution in [0.25, 0.3) is 0 Å². The van der Waals surface area contributed by atoms with E-state index < -0.39 is 0 Å². The number of rotatable bonds is 4. The third kappa shape index (κ3) is 3.15. The summed E-state index contributed by atoms with van der Waals surface area (Å²) in [6, 6.07) is 9.98. The first-order valence-corrected chi connectivity index (χ1v) is 8.02. The zero-order valence-corrected chi connectivity index (χ0v) is 14.0. The van der Waals surface area contributed by atoms with E-state index in [4.69, 9.17) is 4.74 Å². The third-order valence-corrected chi connectivity index (χ3v) is 4.56. The van der Waals surface area contributed by atoms with Gasteiger partial charge in [0.25, 0.3) is 0 Å². The average Bonchev–Trinajstić information content (AvgIpc) is 3.14. The zero-order chi connectivity index (χ0) is 16.4. The second-order valence-electron chi connectivity index (χ2n) is 6.07. The fourth-order valence-electron chi connectivity index (χ4n) is 3.18. The van der Waals surface area contributed by atoms with E-state index in [1.807, 2.05) is 60.8 Å². The lowest BCUT2D eigenvalue weighted by atomic mass is 10.1. The molecule has 0 bridgehead atoms. The first-order valence-electron chi connectivity index (χ1n) is 8.02. The fraction of sp³-hybridized carbons (Fsp3) is 0.444. The molecule has 0 N–H and O–H groups in total. The molecule has 1 aliphatic heterocycles. The third-order valence-electron chi connectivity index (χ3n) is 4.56. The van der Waals surface area contributed by atoms with Crippen molar-refractivity contribution in [1.29, 1.82) is 0 Å². The molecule has 0 aliphatic carbocycles. The lowest BCUT2D eigenvalue weighted by Gasteiger charge is -2.28. The molecular formula is C18H23N3O2. The van der Waals surface area contributed by atoms with Gasteiger partial charge in [0.05, 0.1) is 24.8 Å². The molecule has 0 unspecified atom stereocenters. The number of hydrogen-bond acceptors (Lipinski definition) is 3. The number of benzene rings is 1. The molecule has 0 radical (unpaired) electrons. The minimum Gasteiger partial charge on any atom is -0.379 e. The van der Waals surface area contributed by atoms with E-state index >= 15 is 0 Å². The van der Waals surface area contributed by atoms with Gasteiger partial charge in [0.15, 0.2) is 0 Å². The average molecular weight is 313 g/mol. The molecule has 5 heteroatoms.